The number of rotatable bonds is 21. The van der Waals surface area contributed by atoms with E-state index in [1.54, 1.807) is 6.29 Å². The lowest BCUT2D eigenvalue weighted by Crippen LogP contribution is -2.45. The molecule has 0 saturated carbocycles. The Morgan fingerprint density at radius 1 is 0.667 bits per heavy atom. The topological polar surface area (TPSA) is 207 Å². The number of nitrogens with zero attached hydrogens (tertiary/aromatic N) is 3. The average molecular weight is 479 g/mol. The predicted octanol–water partition coefficient (Wildman–Crippen LogP) is 1.82. The first-order valence-corrected chi connectivity index (χ1v) is 11.4. The second-order valence-corrected chi connectivity index (χ2v) is 8.32. The Balaban J connectivity index is 5.01. The van der Waals surface area contributed by atoms with E-state index >= 15 is 0 Å². The molecule has 6 unspecified atom stereocenters. The van der Waals surface area contributed by atoms with E-state index in [4.69, 9.17) is 0 Å². The highest BCUT2D eigenvalue weighted by Gasteiger charge is 2.41. The van der Waals surface area contributed by atoms with Gasteiger partial charge in [0.15, 0.2) is 6.29 Å². The maximum atomic E-state index is 11.4. The molecule has 0 fully saturated rings. The van der Waals surface area contributed by atoms with Crippen molar-refractivity contribution in [2.24, 2.45) is 0 Å². The predicted molar refractivity (Wildman–Crippen MR) is 117 cm³/mol. The van der Waals surface area contributed by atoms with Gasteiger partial charge >= 0.3 is 0 Å². The summed E-state index contributed by atoms with van der Waals surface area (Å²) in [6.07, 6.45) is -0.369. The minimum absolute atomic E-state index is 0.0387. The Bertz CT molecular complexity index is 607. The molecule has 1 radical (unpaired) electrons. The largest absolute Gasteiger partial charge is 0.386 e. The highest BCUT2D eigenvalue weighted by atomic mass is 16.6. The summed E-state index contributed by atoms with van der Waals surface area (Å²) in [4.78, 5) is 41.9. The minimum atomic E-state index is -1.83. The van der Waals surface area contributed by atoms with Crippen LogP contribution in [0.1, 0.15) is 84.0 Å². The van der Waals surface area contributed by atoms with E-state index in [0.717, 1.165) is 6.42 Å². The van der Waals surface area contributed by atoms with Gasteiger partial charge < -0.3 is 15.3 Å². The van der Waals surface area contributed by atoms with Crippen LogP contribution in [0.4, 0.5) is 0 Å². The SMILES string of the molecule is CCCCCC(C(O)CC(O)C(CC(O)C(CCCCCC[C]=O)[N+](=O)[O-])[N+](=O)[O-])[N+](=O)[O-]. The lowest BCUT2D eigenvalue weighted by molar-refractivity contribution is -0.556. The van der Waals surface area contributed by atoms with Crippen molar-refractivity contribution in [3.8, 4) is 0 Å². The molecule has 0 saturated heterocycles. The Kier molecular flexibility index (Phi) is 16.1. The van der Waals surface area contributed by atoms with Crippen molar-refractivity contribution >= 4 is 6.29 Å². The first-order chi connectivity index (χ1) is 15.6. The van der Waals surface area contributed by atoms with Gasteiger partial charge in [-0.25, -0.2) is 0 Å². The molecule has 0 amide bonds. The van der Waals surface area contributed by atoms with E-state index in [9.17, 15) is 50.5 Å². The molecule has 0 spiro atoms. The van der Waals surface area contributed by atoms with Crippen molar-refractivity contribution in [1.82, 2.24) is 0 Å². The number of nitro groups is 3. The monoisotopic (exact) mass is 478 g/mol. The van der Waals surface area contributed by atoms with Crippen LogP contribution in [-0.2, 0) is 4.79 Å². The van der Waals surface area contributed by atoms with E-state index in [1.165, 1.54) is 0 Å². The molecule has 191 valence electrons. The zero-order valence-corrected chi connectivity index (χ0v) is 19.0. The van der Waals surface area contributed by atoms with Crippen molar-refractivity contribution in [2.75, 3.05) is 0 Å². The zero-order chi connectivity index (χ0) is 25.4. The molecule has 13 heteroatoms. The number of unbranched alkanes of at least 4 members (excludes halogenated alkanes) is 6. The van der Waals surface area contributed by atoms with E-state index < -0.39 is 64.0 Å². The molecule has 6 atom stereocenters. The summed E-state index contributed by atoms with van der Waals surface area (Å²) in [7, 11) is 0. The Morgan fingerprint density at radius 3 is 1.55 bits per heavy atom. The molecule has 3 N–H and O–H groups in total. The number of hydrogen-bond donors (Lipinski definition) is 3. The summed E-state index contributed by atoms with van der Waals surface area (Å²) in [5, 5.41) is 64.8. The van der Waals surface area contributed by atoms with E-state index in [1.807, 2.05) is 6.92 Å². The molecule has 13 nitrogen and oxygen atoms in total. The van der Waals surface area contributed by atoms with Gasteiger partial charge in [0, 0.05) is 40.5 Å². The average Bonchev–Trinajstić information content (AvgIpc) is 2.73. The van der Waals surface area contributed by atoms with Crippen molar-refractivity contribution in [1.29, 1.82) is 0 Å². The molecule has 0 aliphatic rings. The third kappa shape index (κ3) is 12.5. The molecule has 0 bridgehead atoms. The van der Waals surface area contributed by atoms with Crippen LogP contribution in [0.25, 0.3) is 0 Å². The van der Waals surface area contributed by atoms with Crippen molar-refractivity contribution in [3.63, 3.8) is 0 Å². The number of hydrogen-bond acceptors (Lipinski definition) is 10. The van der Waals surface area contributed by atoms with E-state index in [0.29, 0.717) is 38.5 Å². The van der Waals surface area contributed by atoms with Gasteiger partial charge in [-0.15, -0.1) is 0 Å². The van der Waals surface area contributed by atoms with Crippen molar-refractivity contribution in [3.05, 3.63) is 30.3 Å². The number of carbonyl (C=O) groups excluding carboxylic acids is 1. The van der Waals surface area contributed by atoms with E-state index in [2.05, 4.69) is 0 Å². The molecule has 0 aromatic rings. The smallest absolute Gasteiger partial charge is 0.241 e. The highest BCUT2D eigenvalue weighted by Crippen LogP contribution is 2.21. The van der Waals surface area contributed by atoms with Crippen LogP contribution >= 0.6 is 0 Å². The van der Waals surface area contributed by atoms with Gasteiger partial charge in [0.2, 0.25) is 18.1 Å². The summed E-state index contributed by atoms with van der Waals surface area (Å²) < 4.78 is 0. The normalized spacial score (nSPS) is 16.8. The second kappa shape index (κ2) is 17.3. The van der Waals surface area contributed by atoms with E-state index in [-0.39, 0.29) is 19.3 Å². The first-order valence-electron chi connectivity index (χ1n) is 11.4. The minimum Gasteiger partial charge on any atom is -0.386 e. The van der Waals surface area contributed by atoms with Crippen LogP contribution in [0.3, 0.4) is 0 Å². The quantitative estimate of drug-likeness (QED) is 0.124. The molecule has 0 aliphatic heterocycles. The van der Waals surface area contributed by atoms with Gasteiger partial charge in [-0.1, -0.05) is 32.6 Å². The molecule has 0 rings (SSSR count). The maximum absolute atomic E-state index is 11.4. The van der Waals surface area contributed by atoms with Crippen molar-refractivity contribution < 1.29 is 34.9 Å². The van der Waals surface area contributed by atoms with Crippen LogP contribution < -0.4 is 0 Å². The van der Waals surface area contributed by atoms with Crippen LogP contribution in [0.5, 0.6) is 0 Å². The fourth-order valence-electron chi connectivity index (χ4n) is 3.73. The van der Waals surface area contributed by atoms with Crippen LogP contribution in [-0.4, -0.2) is 72.8 Å². The molecule has 0 aliphatic carbocycles. The molecule has 0 aromatic heterocycles. The van der Waals surface area contributed by atoms with Crippen LogP contribution in [0, 0.1) is 30.3 Å². The highest BCUT2D eigenvalue weighted by molar-refractivity contribution is 5.50. The van der Waals surface area contributed by atoms with Crippen LogP contribution in [0.2, 0.25) is 0 Å². The fraction of sp³-hybridized carbons (Fsp3) is 0.950. The van der Waals surface area contributed by atoms with Crippen LogP contribution in [0.15, 0.2) is 0 Å². The number of aliphatic hydroxyl groups is 3. The van der Waals surface area contributed by atoms with Gasteiger partial charge in [0.1, 0.15) is 18.3 Å². The van der Waals surface area contributed by atoms with Gasteiger partial charge in [-0.2, -0.15) is 0 Å². The van der Waals surface area contributed by atoms with Gasteiger partial charge in [0.25, 0.3) is 0 Å². The Hall–Kier alpha value is -2.25. The lowest BCUT2D eigenvalue weighted by Gasteiger charge is -2.23. The molecular formula is C20H36N3O10. The fourth-order valence-corrected chi connectivity index (χ4v) is 3.73. The third-order valence-electron chi connectivity index (χ3n) is 5.74. The zero-order valence-electron chi connectivity index (χ0n) is 19.0. The summed E-state index contributed by atoms with van der Waals surface area (Å²) >= 11 is 0. The summed E-state index contributed by atoms with van der Waals surface area (Å²) in [5.74, 6) is 0. The summed E-state index contributed by atoms with van der Waals surface area (Å²) in [5.41, 5.74) is 0. The third-order valence-corrected chi connectivity index (χ3v) is 5.74. The second-order valence-electron chi connectivity index (χ2n) is 8.32. The molecular weight excluding hydrogens is 442 g/mol. The molecule has 33 heavy (non-hydrogen) atoms. The Morgan fingerprint density at radius 2 is 1.09 bits per heavy atom. The first kappa shape index (κ1) is 30.8. The van der Waals surface area contributed by atoms with Crippen molar-refractivity contribution in [2.45, 2.75) is 120 Å². The van der Waals surface area contributed by atoms with Gasteiger partial charge in [-0.05, 0) is 19.3 Å². The van der Waals surface area contributed by atoms with Gasteiger partial charge in [-0.3, -0.25) is 35.1 Å². The standard InChI is InChI=1S/C20H36N3O10/c1-2-3-7-10-16(22(30)31)19(26)14-20(27)17(23(32)33)13-18(25)15(21(28)29)11-8-5-4-6-9-12-24/h15-20,25-27H,2-11,13-14H2,1H3. The maximum Gasteiger partial charge on any atom is 0.241 e. The Labute approximate surface area is 192 Å². The number of aliphatic hydroxyl groups excluding tert-OH is 3. The lowest BCUT2D eigenvalue weighted by atomic mass is 9.91. The molecule has 0 heterocycles. The molecule has 0 aromatic carbocycles. The summed E-state index contributed by atoms with van der Waals surface area (Å²) in [6, 6.07) is -4.71. The summed E-state index contributed by atoms with van der Waals surface area (Å²) in [6.45, 7) is 1.90. The van der Waals surface area contributed by atoms with Gasteiger partial charge in [0.05, 0.1) is 6.42 Å².